The minimum atomic E-state index is -1.61. The van der Waals surface area contributed by atoms with E-state index < -0.39 is 61.5 Å². The Hall–Kier alpha value is -1.37. The molecule has 62 heavy (non-hydrogen) atoms. The summed E-state index contributed by atoms with van der Waals surface area (Å²) in [5.41, 5.74) is 0. The van der Waals surface area contributed by atoms with Gasteiger partial charge in [0.15, 0.2) is 6.29 Å². The molecular formula is C52H99NO9. The van der Waals surface area contributed by atoms with Crippen molar-refractivity contribution in [2.24, 2.45) is 0 Å². The third-order valence-corrected chi connectivity index (χ3v) is 12.6. The molecule has 0 saturated carbocycles. The number of aliphatic hydroxyl groups excluding tert-OH is 6. The monoisotopic (exact) mass is 882 g/mol. The van der Waals surface area contributed by atoms with E-state index in [1.807, 2.05) is 6.08 Å². The molecule has 0 aliphatic carbocycles. The highest BCUT2D eigenvalue weighted by Gasteiger charge is 2.44. The number of allylic oxidation sites excluding steroid dienone is 3. The van der Waals surface area contributed by atoms with Crippen LogP contribution in [0.15, 0.2) is 24.3 Å². The molecule has 1 heterocycles. The number of unbranched alkanes of at least 4 members (excludes halogenated alkanes) is 31. The Labute approximate surface area is 380 Å². The summed E-state index contributed by atoms with van der Waals surface area (Å²) in [5.74, 6) is -0.617. The zero-order chi connectivity index (χ0) is 45.3. The quantitative estimate of drug-likeness (QED) is 0.0233. The Morgan fingerprint density at radius 1 is 0.548 bits per heavy atom. The second kappa shape index (κ2) is 42.3. The van der Waals surface area contributed by atoms with E-state index in [9.17, 15) is 35.4 Å². The molecule has 1 amide bonds. The first-order chi connectivity index (χ1) is 30.3. The number of hydrogen-bond donors (Lipinski definition) is 7. The predicted molar refractivity (Wildman–Crippen MR) is 255 cm³/mol. The van der Waals surface area contributed by atoms with E-state index in [-0.39, 0.29) is 6.61 Å². The number of amides is 1. The van der Waals surface area contributed by atoms with Crippen LogP contribution >= 0.6 is 0 Å². The SMILES string of the molecule is CCCCCCCCCCCC/C=C/C(O)C(COC1OC(CO)C(O)C(O)C1O)NC(=O)C(O)CCCCCCCCCCC/C=C\CCCCCCCCCCCCCC. The molecule has 1 saturated heterocycles. The molecule has 0 aromatic heterocycles. The normalized spacial score (nSPS) is 20.9. The van der Waals surface area contributed by atoms with Crippen molar-refractivity contribution in [1.82, 2.24) is 5.32 Å². The summed E-state index contributed by atoms with van der Waals surface area (Å²) in [6.07, 6.45) is 41.4. The van der Waals surface area contributed by atoms with Gasteiger partial charge in [-0.3, -0.25) is 4.79 Å². The van der Waals surface area contributed by atoms with E-state index in [1.54, 1.807) is 6.08 Å². The second-order valence-electron chi connectivity index (χ2n) is 18.5. The smallest absolute Gasteiger partial charge is 0.249 e. The lowest BCUT2D eigenvalue weighted by Crippen LogP contribution is -2.60. The van der Waals surface area contributed by atoms with Crippen molar-refractivity contribution in [3.8, 4) is 0 Å². The topological polar surface area (TPSA) is 169 Å². The number of nitrogens with one attached hydrogen (secondary N) is 1. The lowest BCUT2D eigenvalue weighted by Gasteiger charge is -2.40. The zero-order valence-electron chi connectivity index (χ0n) is 40.0. The number of carbonyl (C=O) groups is 1. The number of hydrogen-bond acceptors (Lipinski definition) is 9. The highest BCUT2D eigenvalue weighted by Crippen LogP contribution is 2.23. The van der Waals surface area contributed by atoms with Crippen LogP contribution in [-0.4, -0.2) is 98.7 Å². The van der Waals surface area contributed by atoms with Gasteiger partial charge in [-0.15, -0.1) is 0 Å². The number of ether oxygens (including phenoxy) is 2. The first-order valence-electron chi connectivity index (χ1n) is 26.2. The van der Waals surface area contributed by atoms with Crippen molar-refractivity contribution >= 4 is 5.91 Å². The summed E-state index contributed by atoms with van der Waals surface area (Å²) >= 11 is 0. The summed E-state index contributed by atoms with van der Waals surface area (Å²) in [5, 5.41) is 64.8. The Bertz CT molecular complexity index is 1040. The van der Waals surface area contributed by atoms with Gasteiger partial charge >= 0.3 is 0 Å². The van der Waals surface area contributed by atoms with Gasteiger partial charge in [0.2, 0.25) is 5.91 Å². The Morgan fingerprint density at radius 3 is 1.35 bits per heavy atom. The number of aliphatic hydroxyl groups is 6. The standard InChI is InChI=1S/C52H99NO9/c1-3-5-7-9-11-13-15-17-18-19-20-21-22-23-24-25-26-27-28-29-31-33-35-37-39-41-46(56)51(60)53-44(43-61-52-50(59)49(58)48(57)47(42-54)62-52)45(55)40-38-36-34-32-30-16-14-12-10-8-6-4-2/h23-24,38,40,44-50,52,54-59H,3-22,25-37,39,41-43H2,1-2H3,(H,53,60)/b24-23-,40-38+. The van der Waals surface area contributed by atoms with Crippen LogP contribution in [-0.2, 0) is 14.3 Å². The van der Waals surface area contributed by atoms with Gasteiger partial charge in [0, 0.05) is 0 Å². The van der Waals surface area contributed by atoms with Gasteiger partial charge in [0.25, 0.3) is 0 Å². The minimum Gasteiger partial charge on any atom is -0.394 e. The van der Waals surface area contributed by atoms with Gasteiger partial charge in [-0.25, -0.2) is 0 Å². The molecule has 8 unspecified atom stereocenters. The number of rotatable bonds is 44. The molecule has 10 nitrogen and oxygen atoms in total. The molecule has 1 rings (SSSR count). The van der Waals surface area contributed by atoms with Crippen LogP contribution in [0.3, 0.4) is 0 Å². The van der Waals surface area contributed by atoms with Crippen LogP contribution in [0.25, 0.3) is 0 Å². The van der Waals surface area contributed by atoms with Gasteiger partial charge in [0.05, 0.1) is 25.4 Å². The molecule has 1 aliphatic rings. The molecule has 10 heteroatoms. The molecule has 1 aliphatic heterocycles. The first-order valence-corrected chi connectivity index (χ1v) is 26.2. The molecule has 0 spiro atoms. The van der Waals surface area contributed by atoms with Crippen molar-refractivity contribution in [3.63, 3.8) is 0 Å². The van der Waals surface area contributed by atoms with E-state index >= 15 is 0 Å². The van der Waals surface area contributed by atoms with Crippen LogP contribution in [0.4, 0.5) is 0 Å². The third kappa shape index (κ3) is 31.5. The van der Waals surface area contributed by atoms with Gasteiger partial charge in [-0.05, 0) is 44.9 Å². The molecule has 0 bridgehead atoms. The fourth-order valence-electron chi connectivity index (χ4n) is 8.33. The van der Waals surface area contributed by atoms with Gasteiger partial charge in [-0.1, -0.05) is 218 Å². The molecule has 0 aromatic carbocycles. The van der Waals surface area contributed by atoms with Crippen molar-refractivity contribution in [2.75, 3.05) is 13.2 Å². The lowest BCUT2D eigenvalue weighted by molar-refractivity contribution is -0.302. The van der Waals surface area contributed by atoms with Crippen LogP contribution in [0.5, 0.6) is 0 Å². The second-order valence-corrected chi connectivity index (χ2v) is 18.5. The molecule has 8 atom stereocenters. The summed E-state index contributed by atoms with van der Waals surface area (Å²) in [6.45, 7) is 3.61. The van der Waals surface area contributed by atoms with Gasteiger partial charge in [-0.2, -0.15) is 0 Å². The highest BCUT2D eigenvalue weighted by atomic mass is 16.7. The Morgan fingerprint density at radius 2 is 0.935 bits per heavy atom. The minimum absolute atomic E-state index is 0.304. The summed E-state index contributed by atoms with van der Waals surface area (Å²) in [4.78, 5) is 13.1. The van der Waals surface area contributed by atoms with Gasteiger partial charge < -0.3 is 45.4 Å². The van der Waals surface area contributed by atoms with E-state index in [4.69, 9.17) is 9.47 Å². The Kier molecular flexibility index (Phi) is 40.0. The molecular weight excluding hydrogens is 783 g/mol. The fraction of sp³-hybridized carbons (Fsp3) is 0.904. The van der Waals surface area contributed by atoms with Crippen LogP contribution in [0.2, 0.25) is 0 Å². The zero-order valence-corrected chi connectivity index (χ0v) is 40.0. The predicted octanol–water partition coefficient (Wildman–Crippen LogP) is 10.8. The van der Waals surface area contributed by atoms with E-state index in [0.29, 0.717) is 12.8 Å². The largest absolute Gasteiger partial charge is 0.394 e. The van der Waals surface area contributed by atoms with Crippen molar-refractivity contribution in [1.29, 1.82) is 0 Å². The van der Waals surface area contributed by atoms with Crippen LogP contribution in [0, 0.1) is 0 Å². The van der Waals surface area contributed by atoms with E-state index in [0.717, 1.165) is 38.5 Å². The summed E-state index contributed by atoms with van der Waals surface area (Å²) in [6, 6.07) is -0.978. The van der Waals surface area contributed by atoms with E-state index in [1.165, 1.54) is 173 Å². The van der Waals surface area contributed by atoms with E-state index in [2.05, 4.69) is 31.3 Å². The molecule has 1 fully saturated rings. The maximum atomic E-state index is 13.1. The number of carbonyl (C=O) groups excluding carboxylic acids is 1. The van der Waals surface area contributed by atoms with Crippen molar-refractivity contribution in [3.05, 3.63) is 24.3 Å². The maximum absolute atomic E-state index is 13.1. The van der Waals surface area contributed by atoms with Gasteiger partial charge in [0.1, 0.15) is 30.5 Å². The van der Waals surface area contributed by atoms with Crippen molar-refractivity contribution < 1.29 is 44.9 Å². The summed E-state index contributed by atoms with van der Waals surface area (Å²) < 4.78 is 11.1. The van der Waals surface area contributed by atoms with Crippen molar-refractivity contribution in [2.45, 2.75) is 288 Å². The van der Waals surface area contributed by atoms with Crippen LogP contribution < -0.4 is 5.32 Å². The first kappa shape index (κ1) is 58.6. The maximum Gasteiger partial charge on any atom is 0.249 e. The van der Waals surface area contributed by atoms with Crippen LogP contribution in [0.1, 0.15) is 239 Å². The molecule has 0 aromatic rings. The summed E-state index contributed by atoms with van der Waals surface area (Å²) in [7, 11) is 0. The molecule has 366 valence electrons. The average molecular weight is 882 g/mol. The molecule has 7 N–H and O–H groups in total. The Balaban J connectivity index is 2.26. The fourth-order valence-corrected chi connectivity index (χ4v) is 8.33. The highest BCUT2D eigenvalue weighted by molar-refractivity contribution is 5.80. The third-order valence-electron chi connectivity index (χ3n) is 12.6. The lowest BCUT2D eigenvalue weighted by atomic mass is 9.99. The molecule has 0 radical (unpaired) electrons. The average Bonchev–Trinajstić information content (AvgIpc) is 3.27.